The Hall–Kier alpha value is -4.94. The smallest absolute Gasteiger partial charge is 0.333 e. The van der Waals surface area contributed by atoms with Gasteiger partial charge in [-0.05, 0) is 53.1 Å². The van der Waals surface area contributed by atoms with Crippen LogP contribution in [0, 0.1) is 0 Å². The Bertz CT molecular complexity index is 1450. The van der Waals surface area contributed by atoms with Crippen LogP contribution in [0.4, 0.5) is 0 Å². The van der Waals surface area contributed by atoms with Crippen molar-refractivity contribution < 1.29 is 59.9 Å². The zero-order valence-corrected chi connectivity index (χ0v) is 20.0. The third-order valence-electron chi connectivity index (χ3n) is 6.19. The van der Waals surface area contributed by atoms with Gasteiger partial charge in [-0.3, -0.25) is 0 Å². The van der Waals surface area contributed by atoms with Crippen LogP contribution in [0.2, 0.25) is 0 Å². The molecule has 3 aromatic carbocycles. The standard InChI is InChI=1S/C27H24O12/c28-15-5-1-12(9-18(15)31)10-20(26(35)36)38-27(37)23-22-13(4-8-21(33)34)2-7-17(30)25(22)39-24(23)14-3-6-16(29)19(32)11-14/h1-9,11,20,23-24,27-32,37H,10H2,(H,33,34)(H,35,36)/b8-4+. The Balaban J connectivity index is 1.76. The lowest BCUT2D eigenvalue weighted by Crippen LogP contribution is -2.35. The van der Waals surface area contributed by atoms with Crippen LogP contribution in [0.5, 0.6) is 34.5 Å². The van der Waals surface area contributed by atoms with Gasteiger partial charge in [-0.1, -0.05) is 18.2 Å². The van der Waals surface area contributed by atoms with E-state index in [1.165, 1.54) is 36.4 Å². The second kappa shape index (κ2) is 10.8. The molecule has 0 saturated heterocycles. The topological polar surface area (TPSA) is 214 Å². The Kier molecular flexibility index (Phi) is 7.51. The number of aliphatic hydroxyl groups is 1. The van der Waals surface area contributed by atoms with Gasteiger partial charge < -0.3 is 50.3 Å². The maximum atomic E-state index is 12.0. The summed E-state index contributed by atoms with van der Waals surface area (Å²) in [6.45, 7) is 0. The molecule has 0 amide bonds. The van der Waals surface area contributed by atoms with E-state index in [1.54, 1.807) is 0 Å². The number of aliphatic carboxylic acids is 2. The molecule has 1 aliphatic rings. The molecule has 0 bridgehead atoms. The maximum absolute atomic E-state index is 12.0. The summed E-state index contributed by atoms with van der Waals surface area (Å²) in [5.41, 5.74) is 0.829. The average Bonchev–Trinajstić information content (AvgIpc) is 3.29. The molecule has 4 atom stereocenters. The molecule has 12 heteroatoms. The summed E-state index contributed by atoms with van der Waals surface area (Å²) in [5, 5.41) is 79.7. The van der Waals surface area contributed by atoms with Crippen molar-refractivity contribution in [1.82, 2.24) is 0 Å². The number of fused-ring (bicyclic) bond motifs is 1. The first-order chi connectivity index (χ1) is 18.5. The molecular formula is C27H24O12. The summed E-state index contributed by atoms with van der Waals surface area (Å²) in [5.74, 6) is -6.28. The molecule has 0 aliphatic carbocycles. The molecule has 1 heterocycles. The first-order valence-corrected chi connectivity index (χ1v) is 11.5. The fourth-order valence-corrected chi connectivity index (χ4v) is 4.37. The molecule has 4 rings (SSSR count). The highest BCUT2D eigenvalue weighted by molar-refractivity contribution is 5.86. The number of carbonyl (C=O) groups is 2. The second-order valence-electron chi connectivity index (χ2n) is 8.78. The lowest BCUT2D eigenvalue weighted by molar-refractivity contribution is -0.183. The van der Waals surface area contributed by atoms with Crippen molar-refractivity contribution >= 4 is 18.0 Å². The Morgan fingerprint density at radius 3 is 2.13 bits per heavy atom. The minimum absolute atomic E-state index is 0.115. The molecule has 0 spiro atoms. The zero-order valence-electron chi connectivity index (χ0n) is 20.0. The number of phenols is 5. The van der Waals surface area contributed by atoms with Crippen LogP contribution in [0.15, 0.2) is 54.6 Å². The number of carboxylic acids is 2. The van der Waals surface area contributed by atoms with Gasteiger partial charge in [0.2, 0.25) is 0 Å². The van der Waals surface area contributed by atoms with Gasteiger partial charge >= 0.3 is 11.9 Å². The van der Waals surface area contributed by atoms with E-state index < -0.39 is 59.4 Å². The number of carboxylic acid groups (broad SMARTS) is 2. The van der Waals surface area contributed by atoms with Crippen molar-refractivity contribution in [3.8, 4) is 34.5 Å². The third kappa shape index (κ3) is 5.66. The average molecular weight is 540 g/mol. The summed E-state index contributed by atoms with van der Waals surface area (Å²) >= 11 is 0. The molecule has 0 saturated carbocycles. The largest absolute Gasteiger partial charge is 0.504 e. The lowest BCUT2D eigenvalue weighted by atomic mass is 9.87. The van der Waals surface area contributed by atoms with Crippen LogP contribution in [-0.2, 0) is 20.7 Å². The number of phenolic OH excluding ortho intramolecular Hbond substituents is 5. The van der Waals surface area contributed by atoms with Gasteiger partial charge in [0, 0.05) is 18.1 Å². The molecular weight excluding hydrogens is 516 g/mol. The molecule has 0 aromatic heterocycles. The van der Waals surface area contributed by atoms with Gasteiger partial charge in [-0.25, -0.2) is 9.59 Å². The van der Waals surface area contributed by atoms with Crippen LogP contribution in [0.3, 0.4) is 0 Å². The molecule has 3 aromatic rings. The number of aliphatic hydroxyl groups excluding tert-OH is 1. The minimum atomic E-state index is -1.92. The van der Waals surface area contributed by atoms with E-state index in [2.05, 4.69) is 0 Å². The molecule has 12 nitrogen and oxygen atoms in total. The van der Waals surface area contributed by atoms with Crippen molar-refractivity contribution in [1.29, 1.82) is 0 Å². The fraction of sp³-hybridized carbons (Fsp3) is 0.185. The Labute approximate surface area is 220 Å². The number of rotatable bonds is 9. The van der Waals surface area contributed by atoms with Gasteiger partial charge in [0.05, 0.1) is 5.92 Å². The van der Waals surface area contributed by atoms with Gasteiger partial charge in [0.25, 0.3) is 0 Å². The van der Waals surface area contributed by atoms with Gasteiger partial charge in [-0.2, -0.15) is 0 Å². The van der Waals surface area contributed by atoms with Crippen molar-refractivity contribution in [2.45, 2.75) is 30.8 Å². The molecule has 0 fully saturated rings. The van der Waals surface area contributed by atoms with E-state index in [9.17, 15) is 45.3 Å². The zero-order chi connectivity index (χ0) is 28.4. The van der Waals surface area contributed by atoms with Crippen molar-refractivity contribution in [3.05, 3.63) is 76.9 Å². The highest BCUT2D eigenvalue weighted by Gasteiger charge is 2.45. The fourth-order valence-electron chi connectivity index (χ4n) is 4.37. The summed E-state index contributed by atoms with van der Waals surface area (Å²) in [4.78, 5) is 23.2. The second-order valence-corrected chi connectivity index (χ2v) is 8.78. The van der Waals surface area contributed by atoms with E-state index in [1.807, 2.05) is 0 Å². The van der Waals surface area contributed by atoms with Crippen LogP contribution in [0.1, 0.15) is 34.3 Å². The highest BCUT2D eigenvalue weighted by atomic mass is 16.6. The number of hydrogen-bond acceptors (Lipinski definition) is 10. The molecule has 4 unspecified atom stereocenters. The Morgan fingerprint density at radius 1 is 0.872 bits per heavy atom. The van der Waals surface area contributed by atoms with Gasteiger partial charge in [-0.15, -0.1) is 0 Å². The highest BCUT2D eigenvalue weighted by Crippen LogP contribution is 2.54. The maximum Gasteiger partial charge on any atom is 0.333 e. The summed E-state index contributed by atoms with van der Waals surface area (Å²) in [7, 11) is 0. The van der Waals surface area contributed by atoms with Gasteiger partial charge in [0.15, 0.2) is 46.9 Å². The quantitative estimate of drug-likeness (QED) is 0.112. The number of benzene rings is 3. The molecule has 1 aliphatic heterocycles. The van der Waals surface area contributed by atoms with Crippen LogP contribution in [-0.4, -0.2) is 65.2 Å². The predicted molar refractivity (Wildman–Crippen MR) is 133 cm³/mol. The number of hydrogen-bond donors (Lipinski definition) is 8. The lowest BCUT2D eigenvalue weighted by Gasteiger charge is -2.27. The van der Waals surface area contributed by atoms with E-state index in [4.69, 9.17) is 14.6 Å². The summed E-state index contributed by atoms with van der Waals surface area (Å²) < 4.78 is 11.5. The van der Waals surface area contributed by atoms with E-state index in [0.717, 1.165) is 24.3 Å². The predicted octanol–water partition coefficient (Wildman–Crippen LogP) is 2.56. The van der Waals surface area contributed by atoms with E-state index in [0.29, 0.717) is 0 Å². The number of ether oxygens (including phenoxy) is 2. The molecule has 8 N–H and O–H groups in total. The normalized spacial score (nSPS) is 17.9. The van der Waals surface area contributed by atoms with Crippen LogP contribution >= 0.6 is 0 Å². The third-order valence-corrected chi connectivity index (χ3v) is 6.19. The monoisotopic (exact) mass is 540 g/mol. The first kappa shape index (κ1) is 27.1. The van der Waals surface area contributed by atoms with Crippen LogP contribution in [0.25, 0.3) is 6.08 Å². The van der Waals surface area contributed by atoms with E-state index in [-0.39, 0.29) is 40.2 Å². The number of aromatic hydroxyl groups is 5. The van der Waals surface area contributed by atoms with Crippen molar-refractivity contribution in [2.24, 2.45) is 0 Å². The van der Waals surface area contributed by atoms with Crippen molar-refractivity contribution in [2.75, 3.05) is 0 Å². The van der Waals surface area contributed by atoms with Crippen molar-refractivity contribution in [3.63, 3.8) is 0 Å². The van der Waals surface area contributed by atoms with Gasteiger partial charge in [0.1, 0.15) is 6.10 Å². The summed E-state index contributed by atoms with van der Waals surface area (Å²) in [6.07, 6.45) is -3.05. The minimum Gasteiger partial charge on any atom is -0.504 e. The Morgan fingerprint density at radius 2 is 1.51 bits per heavy atom. The van der Waals surface area contributed by atoms with E-state index >= 15 is 0 Å². The molecule has 204 valence electrons. The van der Waals surface area contributed by atoms with Crippen LogP contribution < -0.4 is 4.74 Å². The molecule has 39 heavy (non-hydrogen) atoms. The first-order valence-electron chi connectivity index (χ1n) is 11.5. The molecule has 0 radical (unpaired) electrons. The SMILES string of the molecule is O=C(O)/C=C/c1ccc(O)c2c1C(C(O)OC(Cc1ccc(O)c(O)c1)C(=O)O)C(c1ccc(O)c(O)c1)O2. The summed E-state index contributed by atoms with van der Waals surface area (Å²) in [6, 6.07) is 10.0.